The summed E-state index contributed by atoms with van der Waals surface area (Å²) >= 11 is 0. The molecular formula is C18H18FN7O2. The number of halogens is 1. The minimum absolute atomic E-state index is 0.158. The number of hydrogen-bond donors (Lipinski definition) is 2. The Labute approximate surface area is 160 Å². The third-order valence-electron chi connectivity index (χ3n) is 4.46. The highest BCUT2D eigenvalue weighted by Gasteiger charge is 2.25. The van der Waals surface area contributed by atoms with Crippen LogP contribution in [-0.4, -0.2) is 57.9 Å². The Kier molecular flexibility index (Phi) is 4.70. The van der Waals surface area contributed by atoms with Crippen molar-refractivity contribution in [1.29, 1.82) is 0 Å². The van der Waals surface area contributed by atoms with E-state index in [0.29, 0.717) is 41.6 Å². The van der Waals surface area contributed by atoms with E-state index < -0.39 is 5.82 Å². The molecule has 1 aliphatic heterocycles. The van der Waals surface area contributed by atoms with Gasteiger partial charge in [-0.15, -0.1) is 0 Å². The monoisotopic (exact) mass is 383 g/mol. The Bertz CT molecular complexity index is 1020. The van der Waals surface area contributed by atoms with Crippen molar-refractivity contribution in [1.82, 2.24) is 25.1 Å². The first-order chi connectivity index (χ1) is 13.6. The Morgan fingerprint density at radius 2 is 2.14 bits per heavy atom. The molecule has 28 heavy (non-hydrogen) atoms. The van der Waals surface area contributed by atoms with Gasteiger partial charge in [0.1, 0.15) is 12.1 Å². The number of hydrogen-bond acceptors (Lipinski definition) is 7. The smallest absolute Gasteiger partial charge is 0.245 e. The van der Waals surface area contributed by atoms with Gasteiger partial charge in [0, 0.05) is 19.2 Å². The van der Waals surface area contributed by atoms with Gasteiger partial charge in [0.15, 0.2) is 17.5 Å². The van der Waals surface area contributed by atoms with Gasteiger partial charge in [-0.2, -0.15) is 5.10 Å². The number of carbonyl (C=O) groups excluding carboxylic acids is 1. The Morgan fingerprint density at radius 3 is 2.89 bits per heavy atom. The summed E-state index contributed by atoms with van der Waals surface area (Å²) in [6.45, 7) is 2.95. The first-order valence-corrected chi connectivity index (χ1v) is 8.64. The molecule has 0 spiro atoms. The molecule has 0 fully saturated rings. The van der Waals surface area contributed by atoms with Gasteiger partial charge < -0.3 is 15.0 Å². The molecule has 2 aromatic heterocycles. The van der Waals surface area contributed by atoms with Crippen LogP contribution in [0, 0.1) is 12.7 Å². The van der Waals surface area contributed by atoms with Gasteiger partial charge in [-0.1, -0.05) is 0 Å². The van der Waals surface area contributed by atoms with Gasteiger partial charge in [0.05, 0.1) is 30.6 Å². The zero-order chi connectivity index (χ0) is 19.7. The van der Waals surface area contributed by atoms with Crippen molar-refractivity contribution in [3.63, 3.8) is 0 Å². The number of carbonyl (C=O) groups is 1. The van der Waals surface area contributed by atoms with Gasteiger partial charge in [-0.25, -0.2) is 19.3 Å². The van der Waals surface area contributed by atoms with E-state index in [-0.39, 0.29) is 18.3 Å². The van der Waals surface area contributed by atoms with Crippen LogP contribution in [0.1, 0.15) is 5.56 Å². The third-order valence-corrected chi connectivity index (χ3v) is 4.46. The number of aromatic nitrogens is 5. The number of rotatable bonds is 5. The zero-order valence-electron chi connectivity index (χ0n) is 15.4. The number of aryl methyl sites for hydroxylation is 1. The van der Waals surface area contributed by atoms with E-state index in [1.54, 1.807) is 18.1 Å². The van der Waals surface area contributed by atoms with Gasteiger partial charge in [0.25, 0.3) is 0 Å². The number of aromatic amines is 1. The average molecular weight is 383 g/mol. The van der Waals surface area contributed by atoms with E-state index in [1.807, 2.05) is 6.92 Å². The van der Waals surface area contributed by atoms with Gasteiger partial charge >= 0.3 is 0 Å². The quantitative estimate of drug-likeness (QED) is 0.691. The third kappa shape index (κ3) is 3.29. The first kappa shape index (κ1) is 18.0. The number of H-pyrrole nitrogens is 1. The van der Waals surface area contributed by atoms with Crippen LogP contribution in [0.5, 0.6) is 0 Å². The van der Waals surface area contributed by atoms with Crippen LogP contribution in [0.2, 0.25) is 0 Å². The summed E-state index contributed by atoms with van der Waals surface area (Å²) in [7, 11) is 1.59. The molecule has 3 heterocycles. The molecule has 3 aromatic rings. The number of methoxy groups -OCH3 is 1. The number of nitrogens with one attached hydrogen (secondary N) is 2. The maximum atomic E-state index is 14.7. The summed E-state index contributed by atoms with van der Waals surface area (Å²) in [5.74, 6) is 0.587. The summed E-state index contributed by atoms with van der Waals surface area (Å²) in [5, 5.41) is 9.22. The van der Waals surface area contributed by atoms with Crippen LogP contribution in [0.15, 0.2) is 24.7 Å². The van der Waals surface area contributed by atoms with Crippen molar-refractivity contribution in [2.45, 2.75) is 6.92 Å². The highest BCUT2D eigenvalue weighted by molar-refractivity contribution is 5.99. The van der Waals surface area contributed by atoms with Crippen LogP contribution in [0.3, 0.4) is 0 Å². The number of ether oxygens (including phenoxy) is 1. The number of benzene rings is 1. The van der Waals surface area contributed by atoms with Gasteiger partial charge in [-0.05, 0) is 24.6 Å². The Morgan fingerprint density at radius 1 is 1.29 bits per heavy atom. The Hall–Kier alpha value is -3.40. The predicted octanol–water partition coefficient (Wildman–Crippen LogP) is 1.78. The summed E-state index contributed by atoms with van der Waals surface area (Å²) in [6, 6.07) is 3.08. The first-order valence-electron chi connectivity index (χ1n) is 8.64. The second-order valence-corrected chi connectivity index (χ2v) is 6.36. The molecular weight excluding hydrogens is 365 g/mol. The zero-order valence-corrected chi connectivity index (χ0v) is 15.4. The second-order valence-electron chi connectivity index (χ2n) is 6.36. The Balaban J connectivity index is 1.74. The molecule has 0 radical (unpaired) electrons. The molecule has 0 aliphatic carbocycles. The van der Waals surface area contributed by atoms with Crippen molar-refractivity contribution in [3.05, 3.63) is 36.0 Å². The largest absolute Gasteiger partial charge is 0.383 e. The fourth-order valence-corrected chi connectivity index (χ4v) is 3.09. The van der Waals surface area contributed by atoms with E-state index in [0.717, 1.165) is 5.56 Å². The lowest BCUT2D eigenvalue weighted by molar-refractivity contribution is -0.115. The summed E-state index contributed by atoms with van der Waals surface area (Å²) in [4.78, 5) is 26.6. The molecule has 4 rings (SSSR count). The highest BCUT2D eigenvalue weighted by atomic mass is 19.1. The molecule has 1 aliphatic rings. The lowest BCUT2D eigenvalue weighted by Crippen LogP contribution is -2.41. The number of amides is 1. The molecule has 9 nitrogen and oxygen atoms in total. The molecule has 0 atom stereocenters. The number of anilines is 2. The molecule has 10 heteroatoms. The van der Waals surface area contributed by atoms with Gasteiger partial charge in [0.2, 0.25) is 5.91 Å². The van der Waals surface area contributed by atoms with E-state index in [1.165, 1.54) is 18.6 Å². The fraction of sp³-hybridized carbons (Fsp3) is 0.278. The minimum Gasteiger partial charge on any atom is -0.383 e. The lowest BCUT2D eigenvalue weighted by atomic mass is 10.0. The highest BCUT2D eigenvalue weighted by Crippen LogP contribution is 2.32. The van der Waals surface area contributed by atoms with E-state index >= 15 is 0 Å². The van der Waals surface area contributed by atoms with Crippen molar-refractivity contribution in [3.8, 4) is 22.6 Å². The molecule has 1 amide bonds. The lowest BCUT2D eigenvalue weighted by Gasteiger charge is -2.29. The molecule has 0 bridgehead atoms. The summed E-state index contributed by atoms with van der Waals surface area (Å²) in [6.07, 6.45) is 2.92. The van der Waals surface area contributed by atoms with Crippen molar-refractivity contribution in [2.24, 2.45) is 0 Å². The molecule has 0 saturated heterocycles. The van der Waals surface area contributed by atoms with Crippen LogP contribution in [0.4, 0.5) is 16.0 Å². The molecule has 2 N–H and O–H groups in total. The van der Waals surface area contributed by atoms with Crippen LogP contribution in [-0.2, 0) is 9.53 Å². The second kappa shape index (κ2) is 7.31. The minimum atomic E-state index is -0.454. The molecule has 0 unspecified atom stereocenters. The van der Waals surface area contributed by atoms with Crippen LogP contribution < -0.4 is 10.2 Å². The number of nitrogens with zero attached hydrogens (tertiary/aromatic N) is 5. The topological polar surface area (TPSA) is 109 Å². The predicted molar refractivity (Wildman–Crippen MR) is 100 cm³/mol. The van der Waals surface area contributed by atoms with Crippen molar-refractivity contribution < 1.29 is 13.9 Å². The molecule has 1 aromatic carbocycles. The maximum Gasteiger partial charge on any atom is 0.245 e. The maximum absolute atomic E-state index is 14.7. The summed E-state index contributed by atoms with van der Waals surface area (Å²) in [5.41, 5.74) is 2.23. The van der Waals surface area contributed by atoms with E-state index in [2.05, 4.69) is 30.5 Å². The summed E-state index contributed by atoms with van der Waals surface area (Å²) < 4.78 is 19.8. The normalized spacial score (nSPS) is 13.4. The average Bonchev–Trinajstić information content (AvgIpc) is 3.21. The fourth-order valence-electron chi connectivity index (χ4n) is 3.09. The SMILES string of the molecule is COCCN1CC(=O)Nc2ncc(-c3cc(F)c(-c4nc[nH]n4)cc3C)nc21. The van der Waals surface area contributed by atoms with Crippen molar-refractivity contribution >= 4 is 17.5 Å². The van der Waals surface area contributed by atoms with Crippen molar-refractivity contribution in [2.75, 3.05) is 37.0 Å². The van der Waals surface area contributed by atoms with Gasteiger partial charge in [-0.3, -0.25) is 9.89 Å². The van der Waals surface area contributed by atoms with E-state index in [4.69, 9.17) is 4.74 Å². The van der Waals surface area contributed by atoms with Crippen LogP contribution in [0.25, 0.3) is 22.6 Å². The standard InChI is InChI=1S/C18H18FN7O2/c1-10-5-12(16-21-9-22-25-16)13(19)6-11(10)14-7-20-17-18(23-14)26(3-4-28-2)8-15(27)24-17/h5-7,9H,3-4,8H2,1-2H3,(H,20,24,27)(H,21,22,25). The number of fused-ring (bicyclic) bond motifs is 1. The van der Waals surface area contributed by atoms with Crippen LogP contribution >= 0.6 is 0 Å². The molecule has 0 saturated carbocycles. The molecule has 144 valence electrons. The van der Waals surface area contributed by atoms with E-state index in [9.17, 15) is 9.18 Å².